The second-order valence-electron chi connectivity index (χ2n) is 2.00. The van der Waals surface area contributed by atoms with Gasteiger partial charge in [-0.25, -0.2) is 0 Å². The molecule has 2 atom stereocenters. The third kappa shape index (κ3) is 1.60. The maximum Gasteiger partial charge on any atom is 0.105 e. The first-order valence-corrected chi connectivity index (χ1v) is 3.90. The molecule has 1 aliphatic rings. The van der Waals surface area contributed by atoms with Gasteiger partial charge in [0.2, 0.25) is 0 Å². The lowest BCUT2D eigenvalue weighted by molar-refractivity contribution is 0.814. The van der Waals surface area contributed by atoms with Crippen molar-refractivity contribution in [2.45, 2.75) is 9.70 Å². The summed E-state index contributed by atoms with van der Waals surface area (Å²) >= 11 is 7.63. The molecule has 2 unspecified atom stereocenters. The predicted molar refractivity (Wildman–Crippen MR) is 46.9 cm³/mol. The van der Waals surface area contributed by atoms with Crippen molar-refractivity contribution in [3.8, 4) is 0 Å². The molecular weight excluding hydrogens is 198 g/mol. The maximum atomic E-state index is 5.65. The van der Waals surface area contributed by atoms with Crippen molar-refractivity contribution in [2.24, 2.45) is 5.73 Å². The van der Waals surface area contributed by atoms with Crippen LogP contribution in [0.5, 0.6) is 0 Å². The molecule has 0 saturated carbocycles. The molecule has 0 amide bonds. The fourth-order valence-corrected chi connectivity index (χ4v) is 1.10. The SMILES string of the molecule is NC1C=CC=CC1(S)Br. The van der Waals surface area contributed by atoms with E-state index < -0.39 is 0 Å². The molecule has 0 aromatic rings. The minimum atomic E-state index is -0.345. The van der Waals surface area contributed by atoms with Crippen LogP contribution in [0.25, 0.3) is 0 Å². The molecule has 0 bridgehead atoms. The van der Waals surface area contributed by atoms with Crippen LogP contribution in [0.4, 0.5) is 0 Å². The molecule has 0 radical (unpaired) electrons. The zero-order valence-corrected chi connectivity index (χ0v) is 7.27. The summed E-state index contributed by atoms with van der Waals surface area (Å²) in [5, 5.41) is 0. The van der Waals surface area contributed by atoms with Crippen LogP contribution in [0, 0.1) is 0 Å². The second-order valence-corrected chi connectivity index (χ2v) is 4.66. The van der Waals surface area contributed by atoms with E-state index in [4.69, 9.17) is 5.73 Å². The Hall–Kier alpha value is 0.270. The summed E-state index contributed by atoms with van der Waals surface area (Å²) in [5.74, 6) is 0. The summed E-state index contributed by atoms with van der Waals surface area (Å²) in [6, 6.07) is -0.0363. The molecule has 9 heavy (non-hydrogen) atoms. The highest BCUT2D eigenvalue weighted by Gasteiger charge is 2.25. The van der Waals surface area contributed by atoms with Crippen LogP contribution in [-0.2, 0) is 0 Å². The Kier molecular flexibility index (Phi) is 2.03. The van der Waals surface area contributed by atoms with Crippen LogP contribution >= 0.6 is 28.6 Å². The monoisotopic (exact) mass is 205 g/mol. The Morgan fingerprint density at radius 1 is 1.56 bits per heavy atom. The number of rotatable bonds is 0. The van der Waals surface area contributed by atoms with E-state index in [0.29, 0.717) is 0 Å². The number of hydrogen-bond acceptors (Lipinski definition) is 2. The fourth-order valence-electron chi connectivity index (χ4n) is 0.620. The van der Waals surface area contributed by atoms with Crippen molar-refractivity contribution < 1.29 is 0 Å². The molecule has 2 N–H and O–H groups in total. The standard InChI is InChI=1S/C6H8BrNS/c7-6(9)4-2-1-3-5(6)8/h1-5,9H,8H2. The van der Waals surface area contributed by atoms with Gasteiger partial charge in [-0.3, -0.25) is 0 Å². The highest BCUT2D eigenvalue weighted by molar-refractivity contribution is 9.11. The summed E-state index contributed by atoms with van der Waals surface area (Å²) in [4.78, 5) is 0. The summed E-state index contributed by atoms with van der Waals surface area (Å²) < 4.78 is -0.345. The van der Waals surface area contributed by atoms with Crippen molar-refractivity contribution >= 4 is 28.6 Å². The van der Waals surface area contributed by atoms with Gasteiger partial charge >= 0.3 is 0 Å². The third-order valence-corrected chi connectivity index (χ3v) is 2.47. The normalized spacial score (nSPS) is 41.4. The number of allylic oxidation sites excluding steroid dienone is 2. The molecule has 1 nitrogen and oxygen atoms in total. The Bertz CT molecular complexity index is 162. The van der Waals surface area contributed by atoms with E-state index in [9.17, 15) is 0 Å². The first-order valence-electron chi connectivity index (χ1n) is 2.66. The van der Waals surface area contributed by atoms with Gasteiger partial charge in [0.15, 0.2) is 0 Å². The average molecular weight is 206 g/mol. The summed E-state index contributed by atoms with van der Waals surface area (Å²) in [6.45, 7) is 0. The zero-order chi connectivity index (χ0) is 6.91. The number of alkyl halides is 1. The van der Waals surface area contributed by atoms with Gasteiger partial charge in [-0.15, -0.1) is 0 Å². The quantitative estimate of drug-likeness (QED) is 0.455. The number of hydrogen-bond donors (Lipinski definition) is 2. The minimum absolute atomic E-state index is 0.0363. The summed E-state index contributed by atoms with van der Waals surface area (Å²) in [5.41, 5.74) is 5.65. The van der Waals surface area contributed by atoms with E-state index in [1.807, 2.05) is 24.3 Å². The Morgan fingerprint density at radius 2 is 2.22 bits per heavy atom. The minimum Gasteiger partial charge on any atom is -0.322 e. The molecule has 3 heteroatoms. The first-order chi connectivity index (χ1) is 4.13. The van der Waals surface area contributed by atoms with E-state index in [1.165, 1.54) is 0 Å². The molecule has 0 fully saturated rings. The number of halogens is 1. The van der Waals surface area contributed by atoms with Crippen LogP contribution in [0.1, 0.15) is 0 Å². The van der Waals surface area contributed by atoms with Gasteiger partial charge in [-0.2, -0.15) is 12.6 Å². The lowest BCUT2D eigenvalue weighted by atomic mass is 10.1. The Balaban J connectivity index is 2.78. The molecule has 0 aromatic carbocycles. The van der Waals surface area contributed by atoms with Gasteiger partial charge < -0.3 is 5.73 Å². The largest absolute Gasteiger partial charge is 0.322 e. The average Bonchev–Trinajstić information content (AvgIpc) is 1.77. The van der Waals surface area contributed by atoms with Crippen LogP contribution in [0.2, 0.25) is 0 Å². The van der Waals surface area contributed by atoms with Crippen molar-refractivity contribution in [3.63, 3.8) is 0 Å². The molecule has 0 spiro atoms. The molecule has 1 aliphatic carbocycles. The van der Waals surface area contributed by atoms with Crippen molar-refractivity contribution in [1.29, 1.82) is 0 Å². The molecule has 0 heterocycles. The van der Waals surface area contributed by atoms with Crippen LogP contribution in [0.15, 0.2) is 24.3 Å². The van der Waals surface area contributed by atoms with E-state index in [1.54, 1.807) is 0 Å². The lowest BCUT2D eigenvalue weighted by Gasteiger charge is -2.24. The van der Waals surface area contributed by atoms with Gasteiger partial charge in [0, 0.05) is 0 Å². The van der Waals surface area contributed by atoms with Gasteiger partial charge in [-0.05, 0) is 0 Å². The van der Waals surface area contributed by atoms with E-state index in [2.05, 4.69) is 28.6 Å². The van der Waals surface area contributed by atoms with E-state index in [0.717, 1.165) is 0 Å². The van der Waals surface area contributed by atoms with Gasteiger partial charge in [0.05, 0.1) is 6.04 Å². The highest BCUT2D eigenvalue weighted by atomic mass is 79.9. The molecule has 0 aromatic heterocycles. The molecule has 50 valence electrons. The van der Waals surface area contributed by atoms with Crippen molar-refractivity contribution in [1.82, 2.24) is 0 Å². The van der Waals surface area contributed by atoms with Crippen LogP contribution < -0.4 is 5.73 Å². The van der Waals surface area contributed by atoms with Crippen molar-refractivity contribution in [2.75, 3.05) is 0 Å². The number of nitrogens with two attached hydrogens (primary N) is 1. The van der Waals surface area contributed by atoms with E-state index in [-0.39, 0.29) is 9.70 Å². The second kappa shape index (κ2) is 2.48. The molecule has 1 rings (SSSR count). The van der Waals surface area contributed by atoms with Gasteiger partial charge in [0.25, 0.3) is 0 Å². The van der Waals surface area contributed by atoms with Gasteiger partial charge in [-0.1, -0.05) is 40.2 Å². The Morgan fingerprint density at radius 3 is 2.56 bits per heavy atom. The summed E-state index contributed by atoms with van der Waals surface area (Å²) in [6.07, 6.45) is 7.66. The molecule has 0 saturated heterocycles. The summed E-state index contributed by atoms with van der Waals surface area (Å²) in [7, 11) is 0. The molecule has 0 aliphatic heterocycles. The smallest absolute Gasteiger partial charge is 0.105 e. The third-order valence-electron chi connectivity index (χ3n) is 1.23. The first kappa shape index (κ1) is 7.38. The molecular formula is C6H8BrNS. The predicted octanol–water partition coefficient (Wildman–Crippen LogP) is 1.46. The highest BCUT2D eigenvalue weighted by Crippen LogP contribution is 2.30. The zero-order valence-electron chi connectivity index (χ0n) is 4.79. The van der Waals surface area contributed by atoms with Crippen LogP contribution in [-0.4, -0.2) is 9.70 Å². The lowest BCUT2D eigenvalue weighted by Crippen LogP contribution is -2.36. The Labute approximate surface area is 68.5 Å². The topological polar surface area (TPSA) is 26.0 Å². The van der Waals surface area contributed by atoms with Gasteiger partial charge in [0.1, 0.15) is 3.66 Å². The number of thiol groups is 1. The van der Waals surface area contributed by atoms with Crippen molar-refractivity contribution in [3.05, 3.63) is 24.3 Å². The van der Waals surface area contributed by atoms with E-state index >= 15 is 0 Å². The maximum absolute atomic E-state index is 5.65. The van der Waals surface area contributed by atoms with Crippen LogP contribution in [0.3, 0.4) is 0 Å². The fraction of sp³-hybridized carbons (Fsp3) is 0.333.